The fraction of sp³-hybridized carbons (Fsp3) is 1.00. The average molecular weight is 452 g/mol. The Morgan fingerprint density at radius 2 is 0.370 bits per heavy atom. The molecule has 0 fully saturated rings. The molecule has 0 N–H and O–H groups in total. The third kappa shape index (κ3) is 3.69. The van der Waals surface area contributed by atoms with E-state index in [0.717, 1.165) is 0 Å². The molecule has 0 spiro atoms. The van der Waals surface area contributed by atoms with Gasteiger partial charge < -0.3 is 0 Å². The molecule has 0 bridgehead atoms. The van der Waals surface area contributed by atoms with Gasteiger partial charge in [-0.25, -0.2) is 0 Å². The number of hydrogen-bond donors (Lipinski definition) is 0. The van der Waals surface area contributed by atoms with Crippen molar-refractivity contribution in [3.8, 4) is 0 Å². The van der Waals surface area contributed by atoms with Gasteiger partial charge in [-0.1, -0.05) is 0 Å². The van der Waals surface area contributed by atoms with Crippen LogP contribution in [0.5, 0.6) is 0 Å². The van der Waals surface area contributed by atoms with Crippen LogP contribution in [-0.4, -0.2) is 48.1 Å². The molecule has 1 radical (unpaired) electrons. The van der Waals surface area contributed by atoms with E-state index in [1.807, 2.05) is 0 Å². The Morgan fingerprint density at radius 3 is 0.444 bits per heavy atom. The van der Waals surface area contributed by atoms with Crippen LogP contribution in [0.2, 0.25) is 0 Å². The molecule has 0 aromatic carbocycles. The molecule has 27 heavy (non-hydrogen) atoms. The molecule has 0 aliphatic heterocycles. The summed E-state index contributed by atoms with van der Waals surface area (Å²) in [5, 5.41) is -0.583. The summed E-state index contributed by atoms with van der Waals surface area (Å²) < 4.78 is 224. The summed E-state index contributed by atoms with van der Waals surface area (Å²) in [6.07, 6.45) is -49.4. The molecule has 0 rings (SSSR count). The van der Waals surface area contributed by atoms with E-state index in [1.165, 1.54) is 0 Å². The molecular formula is C8F18N. The zero-order valence-electron chi connectivity index (χ0n) is 11.3. The molecule has 0 unspecified atom stereocenters. The van der Waals surface area contributed by atoms with Crippen LogP contribution in [-0.2, 0) is 0 Å². The average Bonchev–Trinajstić information content (AvgIpc) is 2.16. The number of rotatable bonds is 2. The normalized spacial score (nSPS) is 16.7. The van der Waals surface area contributed by atoms with Crippen LogP contribution in [0.1, 0.15) is 0 Å². The van der Waals surface area contributed by atoms with Crippen molar-refractivity contribution in [2.75, 3.05) is 0 Å². The van der Waals surface area contributed by atoms with Gasteiger partial charge in [0.25, 0.3) is 0 Å². The Bertz CT molecular complexity index is 398. The highest BCUT2D eigenvalue weighted by Crippen LogP contribution is 2.60. The second-order valence-electron chi connectivity index (χ2n) is 4.52. The Morgan fingerprint density at radius 1 is 0.259 bits per heavy atom. The van der Waals surface area contributed by atoms with Gasteiger partial charge in [-0.05, 0) is 0 Å². The van der Waals surface area contributed by atoms with Gasteiger partial charge in [0, 0.05) is 0 Å². The zero-order chi connectivity index (χ0) is 22.7. The molecule has 0 atom stereocenters. The Labute approximate surface area is 134 Å². The minimum absolute atomic E-state index is 0.583. The van der Waals surface area contributed by atoms with Crippen LogP contribution in [0.3, 0.4) is 0 Å². The monoisotopic (exact) mass is 452 g/mol. The third-order valence-corrected chi connectivity index (χ3v) is 2.80. The van der Waals surface area contributed by atoms with Gasteiger partial charge in [0.15, 0.2) is 0 Å². The van der Waals surface area contributed by atoms with Crippen LogP contribution in [0.25, 0.3) is 0 Å². The van der Waals surface area contributed by atoms with Gasteiger partial charge in [0.05, 0.1) is 0 Å². The van der Waals surface area contributed by atoms with Crippen molar-refractivity contribution in [1.82, 2.24) is 5.32 Å². The molecule has 0 aromatic rings. The van der Waals surface area contributed by atoms with Crippen LogP contribution < -0.4 is 5.32 Å². The molecule has 0 saturated carbocycles. The Kier molecular flexibility index (Phi) is 5.80. The van der Waals surface area contributed by atoms with E-state index in [4.69, 9.17) is 0 Å². The maximum atomic E-state index is 12.4. The number of nitrogens with zero attached hydrogens (tertiary/aromatic N) is 1. The maximum Gasteiger partial charge on any atom is 0.426 e. The van der Waals surface area contributed by atoms with Gasteiger partial charge >= 0.3 is 48.1 Å². The van der Waals surface area contributed by atoms with E-state index in [1.54, 1.807) is 0 Å². The van der Waals surface area contributed by atoms with Crippen molar-refractivity contribution in [1.29, 1.82) is 0 Å². The first kappa shape index (κ1) is 25.7. The molecule has 0 aromatic heterocycles. The molecule has 163 valence electrons. The van der Waals surface area contributed by atoms with E-state index >= 15 is 0 Å². The van der Waals surface area contributed by atoms with Gasteiger partial charge in [0.1, 0.15) is 0 Å². The van der Waals surface area contributed by atoms with Crippen LogP contribution in [0.4, 0.5) is 79.0 Å². The van der Waals surface area contributed by atoms with Gasteiger partial charge in [-0.3, -0.25) is 0 Å². The maximum absolute atomic E-state index is 12.4. The standard InChI is InChI=1S/C8F18N/c9-3(10,11)1(4(12,13)14,5(15,16)17)27-2(6(18,19)20,7(21,22)23)8(24,25)26. The Hall–Kier alpha value is -1.30. The van der Waals surface area contributed by atoms with E-state index in [2.05, 4.69) is 0 Å². The third-order valence-electron chi connectivity index (χ3n) is 2.80. The number of halogens is 18. The van der Waals surface area contributed by atoms with E-state index in [0.29, 0.717) is 0 Å². The topological polar surface area (TPSA) is 14.1 Å². The molecule has 0 aliphatic carbocycles. The summed E-state index contributed by atoms with van der Waals surface area (Å²) in [5.74, 6) is 0. The smallest absolute Gasteiger partial charge is 0.176 e. The lowest BCUT2D eigenvalue weighted by Gasteiger charge is -2.46. The molecule has 0 aliphatic rings. The fourth-order valence-electron chi connectivity index (χ4n) is 1.60. The van der Waals surface area contributed by atoms with Crippen molar-refractivity contribution in [3.63, 3.8) is 0 Å². The predicted octanol–water partition coefficient (Wildman–Crippen LogP) is 5.44. The molecule has 0 heterocycles. The van der Waals surface area contributed by atoms with Gasteiger partial charge in [-0.15, -0.1) is 0 Å². The van der Waals surface area contributed by atoms with E-state index in [9.17, 15) is 79.0 Å². The van der Waals surface area contributed by atoms with Crippen molar-refractivity contribution < 1.29 is 79.0 Å². The lowest BCUT2D eigenvalue weighted by atomic mass is 9.87. The van der Waals surface area contributed by atoms with Crippen LogP contribution in [0.15, 0.2) is 0 Å². The van der Waals surface area contributed by atoms with Crippen LogP contribution in [0, 0.1) is 0 Å². The summed E-state index contributed by atoms with van der Waals surface area (Å²) in [6.45, 7) is 0. The van der Waals surface area contributed by atoms with Crippen molar-refractivity contribution in [2.24, 2.45) is 0 Å². The molecule has 0 saturated heterocycles. The number of alkyl halides is 18. The highest BCUT2D eigenvalue weighted by atomic mass is 19.4. The minimum Gasteiger partial charge on any atom is -0.176 e. The summed E-state index contributed by atoms with van der Waals surface area (Å²) in [4.78, 5) is 0. The second kappa shape index (κ2) is 6.10. The summed E-state index contributed by atoms with van der Waals surface area (Å²) in [7, 11) is 0. The summed E-state index contributed by atoms with van der Waals surface area (Å²) in [5.41, 5.74) is -16.7. The minimum atomic E-state index is -8.37. The zero-order valence-corrected chi connectivity index (χ0v) is 11.3. The first-order chi connectivity index (χ1) is 11.2. The Balaban J connectivity index is 7.45. The highest BCUT2D eigenvalue weighted by Gasteiger charge is 2.94. The quantitative estimate of drug-likeness (QED) is 0.496. The highest BCUT2D eigenvalue weighted by molar-refractivity contribution is 5.18. The second-order valence-corrected chi connectivity index (χ2v) is 4.52. The van der Waals surface area contributed by atoms with Crippen molar-refractivity contribution >= 4 is 0 Å². The van der Waals surface area contributed by atoms with E-state index < -0.39 is 53.5 Å². The summed E-state index contributed by atoms with van der Waals surface area (Å²) in [6, 6.07) is 0. The molecular weight excluding hydrogens is 452 g/mol. The van der Waals surface area contributed by atoms with Crippen molar-refractivity contribution in [2.45, 2.75) is 48.1 Å². The van der Waals surface area contributed by atoms with Gasteiger partial charge in [-0.2, -0.15) is 84.3 Å². The van der Waals surface area contributed by atoms with Crippen LogP contribution >= 0.6 is 0 Å². The lowest BCUT2D eigenvalue weighted by molar-refractivity contribution is -0.443. The number of hydrogen-bond acceptors (Lipinski definition) is 0. The first-order valence-electron chi connectivity index (χ1n) is 5.35. The van der Waals surface area contributed by atoms with Crippen molar-refractivity contribution in [3.05, 3.63) is 0 Å². The molecule has 19 heteroatoms. The summed E-state index contributed by atoms with van der Waals surface area (Å²) >= 11 is 0. The first-order valence-corrected chi connectivity index (χ1v) is 5.35. The molecule has 0 amide bonds. The SMILES string of the molecule is FC(F)(F)C([N]C(C(F)(F)F)(C(F)(F)F)C(F)(F)F)(C(F)(F)F)C(F)(F)F. The van der Waals surface area contributed by atoms with E-state index in [-0.39, 0.29) is 0 Å². The van der Waals surface area contributed by atoms with Gasteiger partial charge in [0.2, 0.25) is 0 Å². The molecule has 1 nitrogen and oxygen atoms in total. The predicted molar refractivity (Wildman–Crippen MR) is 43.9 cm³/mol. The lowest BCUT2D eigenvalue weighted by Crippen LogP contribution is -2.82. The largest absolute Gasteiger partial charge is 0.426 e. The fourth-order valence-corrected chi connectivity index (χ4v) is 1.60.